The van der Waals surface area contributed by atoms with Crippen molar-refractivity contribution >= 4 is 17.4 Å². The lowest BCUT2D eigenvalue weighted by Gasteiger charge is -2.04. The number of halogens is 3. The SMILES string of the molecule is Nc1n[nH]c(-c2ccoc2Cl)c1-c1cc(F)cc(F)c1. The normalized spacial score (nSPS) is 10.9. The van der Waals surface area contributed by atoms with Gasteiger partial charge in [0, 0.05) is 6.07 Å². The summed E-state index contributed by atoms with van der Waals surface area (Å²) in [5.74, 6) is -1.29. The molecule has 0 spiro atoms. The van der Waals surface area contributed by atoms with Gasteiger partial charge >= 0.3 is 0 Å². The van der Waals surface area contributed by atoms with Gasteiger partial charge in [-0.25, -0.2) is 8.78 Å². The fraction of sp³-hybridized carbons (Fsp3) is 0. The number of nitrogens with one attached hydrogen (secondary N) is 1. The van der Waals surface area contributed by atoms with E-state index in [4.69, 9.17) is 21.8 Å². The van der Waals surface area contributed by atoms with E-state index in [1.54, 1.807) is 6.07 Å². The number of rotatable bonds is 2. The monoisotopic (exact) mass is 295 g/mol. The zero-order valence-corrected chi connectivity index (χ0v) is 10.7. The number of nitrogen functional groups attached to an aromatic ring is 1. The van der Waals surface area contributed by atoms with Gasteiger partial charge in [-0.15, -0.1) is 0 Å². The Morgan fingerprint density at radius 3 is 2.50 bits per heavy atom. The Balaban J connectivity index is 2.24. The maximum atomic E-state index is 13.3. The summed E-state index contributed by atoms with van der Waals surface area (Å²) in [5.41, 5.74) is 7.35. The molecule has 3 rings (SSSR count). The molecule has 0 radical (unpaired) electrons. The fourth-order valence-corrected chi connectivity index (χ4v) is 2.22. The highest BCUT2D eigenvalue weighted by Crippen LogP contribution is 2.38. The van der Waals surface area contributed by atoms with Crippen molar-refractivity contribution in [3.63, 3.8) is 0 Å². The van der Waals surface area contributed by atoms with Gasteiger partial charge in [0.25, 0.3) is 0 Å². The van der Waals surface area contributed by atoms with Crippen LogP contribution in [0, 0.1) is 11.6 Å². The Hall–Kier alpha value is -2.34. The minimum atomic E-state index is -0.704. The zero-order valence-electron chi connectivity index (χ0n) is 9.95. The summed E-state index contributed by atoms with van der Waals surface area (Å²) in [5, 5.41) is 6.68. The van der Waals surface area contributed by atoms with E-state index in [2.05, 4.69) is 10.2 Å². The van der Waals surface area contributed by atoms with E-state index in [0.29, 0.717) is 16.8 Å². The van der Waals surface area contributed by atoms with Gasteiger partial charge < -0.3 is 10.2 Å². The maximum absolute atomic E-state index is 13.3. The second-order valence-corrected chi connectivity index (χ2v) is 4.47. The summed E-state index contributed by atoms with van der Waals surface area (Å²) in [4.78, 5) is 0. The first kappa shape index (κ1) is 12.7. The predicted octanol–water partition coefficient (Wildman–Crippen LogP) is 3.85. The number of nitrogens with zero attached hydrogens (tertiary/aromatic N) is 1. The van der Waals surface area contributed by atoms with Gasteiger partial charge in [-0.05, 0) is 35.4 Å². The third-order valence-corrected chi connectivity index (χ3v) is 3.13. The lowest BCUT2D eigenvalue weighted by atomic mass is 10.0. The van der Waals surface area contributed by atoms with Crippen LogP contribution in [0.1, 0.15) is 0 Å². The number of aromatic amines is 1. The average molecular weight is 296 g/mol. The summed E-state index contributed by atoms with van der Waals surface area (Å²) in [6.45, 7) is 0. The third kappa shape index (κ3) is 2.04. The molecule has 0 unspecified atom stereocenters. The van der Waals surface area contributed by atoms with Crippen LogP contribution in [-0.2, 0) is 0 Å². The van der Waals surface area contributed by atoms with Gasteiger partial charge in [-0.1, -0.05) is 0 Å². The number of nitrogens with two attached hydrogens (primary N) is 1. The molecule has 20 heavy (non-hydrogen) atoms. The van der Waals surface area contributed by atoms with Crippen molar-refractivity contribution in [3.8, 4) is 22.4 Å². The third-order valence-electron chi connectivity index (χ3n) is 2.83. The molecule has 3 N–H and O–H groups in total. The summed E-state index contributed by atoms with van der Waals surface area (Å²) >= 11 is 5.90. The van der Waals surface area contributed by atoms with E-state index < -0.39 is 11.6 Å². The summed E-state index contributed by atoms with van der Waals surface area (Å²) < 4.78 is 31.7. The average Bonchev–Trinajstić information content (AvgIpc) is 2.93. The standard InChI is InChI=1S/C13H8ClF2N3O/c14-12-9(1-2-20-12)11-10(13(17)19-18-11)6-3-7(15)5-8(16)4-6/h1-5H,(H3,17,18,19). The van der Waals surface area contributed by atoms with Crippen LogP contribution in [-0.4, -0.2) is 10.2 Å². The molecule has 0 aliphatic heterocycles. The first-order valence-electron chi connectivity index (χ1n) is 5.60. The highest BCUT2D eigenvalue weighted by Gasteiger charge is 2.19. The molecule has 0 saturated carbocycles. The number of aromatic nitrogens is 2. The molecule has 4 nitrogen and oxygen atoms in total. The highest BCUT2D eigenvalue weighted by molar-refractivity contribution is 6.31. The van der Waals surface area contributed by atoms with Crippen LogP contribution < -0.4 is 5.73 Å². The molecule has 1 aromatic carbocycles. The minimum absolute atomic E-state index is 0.113. The molecule has 0 saturated heterocycles. The van der Waals surface area contributed by atoms with Crippen molar-refractivity contribution in [2.45, 2.75) is 0 Å². The molecule has 0 fully saturated rings. The Kier molecular flexibility index (Phi) is 2.94. The second-order valence-electron chi connectivity index (χ2n) is 4.12. The number of hydrogen-bond acceptors (Lipinski definition) is 3. The fourth-order valence-electron chi connectivity index (χ4n) is 2.01. The molecule has 0 aliphatic carbocycles. The van der Waals surface area contributed by atoms with Crippen molar-refractivity contribution in [2.24, 2.45) is 0 Å². The minimum Gasteiger partial charge on any atom is -0.452 e. The van der Waals surface area contributed by atoms with E-state index in [-0.39, 0.29) is 16.6 Å². The number of anilines is 1. The largest absolute Gasteiger partial charge is 0.452 e. The van der Waals surface area contributed by atoms with Crippen molar-refractivity contribution in [1.29, 1.82) is 0 Å². The van der Waals surface area contributed by atoms with Crippen LogP contribution >= 0.6 is 11.6 Å². The van der Waals surface area contributed by atoms with Gasteiger partial charge in [0.2, 0.25) is 5.22 Å². The van der Waals surface area contributed by atoms with Crippen LogP contribution in [0.15, 0.2) is 34.9 Å². The van der Waals surface area contributed by atoms with Crippen LogP contribution in [0.4, 0.5) is 14.6 Å². The van der Waals surface area contributed by atoms with Crippen molar-refractivity contribution in [1.82, 2.24) is 10.2 Å². The molecular weight excluding hydrogens is 288 g/mol. The topological polar surface area (TPSA) is 67.8 Å². The van der Waals surface area contributed by atoms with Crippen LogP contribution in [0.3, 0.4) is 0 Å². The Labute approximate surface area is 117 Å². The molecule has 0 atom stereocenters. The van der Waals surface area contributed by atoms with Crippen molar-refractivity contribution < 1.29 is 13.2 Å². The number of H-pyrrole nitrogens is 1. The molecule has 0 amide bonds. The van der Waals surface area contributed by atoms with Crippen LogP contribution in [0.2, 0.25) is 5.22 Å². The van der Waals surface area contributed by atoms with E-state index in [0.717, 1.165) is 6.07 Å². The first-order valence-corrected chi connectivity index (χ1v) is 5.97. The smallest absolute Gasteiger partial charge is 0.202 e. The van der Waals surface area contributed by atoms with Crippen molar-refractivity contribution in [3.05, 3.63) is 47.4 Å². The number of hydrogen-bond donors (Lipinski definition) is 2. The molecule has 2 aromatic heterocycles. The lowest BCUT2D eigenvalue weighted by Crippen LogP contribution is -1.90. The van der Waals surface area contributed by atoms with Crippen LogP contribution in [0.25, 0.3) is 22.4 Å². The molecule has 3 aromatic rings. The molecule has 102 valence electrons. The Morgan fingerprint density at radius 1 is 1.20 bits per heavy atom. The Morgan fingerprint density at radius 2 is 1.90 bits per heavy atom. The van der Waals surface area contributed by atoms with E-state index >= 15 is 0 Å². The van der Waals surface area contributed by atoms with E-state index in [1.165, 1.54) is 18.4 Å². The molecule has 0 aliphatic rings. The molecule has 0 bridgehead atoms. The van der Waals surface area contributed by atoms with Gasteiger partial charge in [0.15, 0.2) is 5.82 Å². The summed E-state index contributed by atoms with van der Waals surface area (Å²) in [6.07, 6.45) is 1.39. The Bertz CT molecular complexity index is 762. The number of furan rings is 1. The first-order chi connectivity index (χ1) is 9.56. The number of benzene rings is 1. The lowest BCUT2D eigenvalue weighted by molar-refractivity contribution is 0.570. The highest BCUT2D eigenvalue weighted by atomic mass is 35.5. The quantitative estimate of drug-likeness (QED) is 0.754. The van der Waals surface area contributed by atoms with Crippen molar-refractivity contribution in [2.75, 3.05) is 5.73 Å². The second kappa shape index (κ2) is 4.64. The van der Waals surface area contributed by atoms with E-state index in [1.807, 2.05) is 0 Å². The summed E-state index contributed by atoms with van der Waals surface area (Å²) in [7, 11) is 0. The van der Waals surface area contributed by atoms with Crippen LogP contribution in [0.5, 0.6) is 0 Å². The maximum Gasteiger partial charge on any atom is 0.202 e. The summed E-state index contributed by atoms with van der Waals surface area (Å²) in [6, 6.07) is 4.72. The predicted molar refractivity (Wildman–Crippen MR) is 71.1 cm³/mol. The van der Waals surface area contributed by atoms with E-state index in [9.17, 15) is 8.78 Å². The zero-order chi connectivity index (χ0) is 14.3. The van der Waals surface area contributed by atoms with Gasteiger partial charge in [-0.2, -0.15) is 5.10 Å². The molecule has 2 heterocycles. The van der Waals surface area contributed by atoms with Gasteiger partial charge in [0.1, 0.15) is 11.6 Å². The molecule has 7 heteroatoms. The molecular formula is C13H8ClF2N3O. The van der Waals surface area contributed by atoms with Gasteiger partial charge in [-0.3, -0.25) is 5.10 Å². The van der Waals surface area contributed by atoms with Gasteiger partial charge in [0.05, 0.1) is 23.1 Å².